The van der Waals surface area contributed by atoms with Crippen LogP contribution in [0, 0.1) is 0 Å². The summed E-state index contributed by atoms with van der Waals surface area (Å²) in [6, 6.07) is 7.72. The molecular formula is C13H17N3O2. The second kappa shape index (κ2) is 5.44. The lowest BCUT2D eigenvalue weighted by atomic mass is 10.2. The van der Waals surface area contributed by atoms with Crippen LogP contribution in [-0.4, -0.2) is 24.0 Å². The highest BCUT2D eigenvalue weighted by molar-refractivity contribution is 5.41. The minimum Gasteiger partial charge on any atom is -0.497 e. The number of benzene rings is 1. The van der Waals surface area contributed by atoms with Gasteiger partial charge in [-0.3, -0.25) is 4.68 Å². The van der Waals surface area contributed by atoms with Crippen molar-refractivity contribution in [3.63, 3.8) is 0 Å². The molecule has 0 aliphatic carbocycles. The number of rotatable bonds is 5. The second-order valence-electron chi connectivity index (χ2n) is 3.95. The first kappa shape index (κ1) is 12.3. The van der Waals surface area contributed by atoms with Gasteiger partial charge in [-0.05, 0) is 17.7 Å². The Kier molecular flexibility index (Phi) is 3.72. The van der Waals surface area contributed by atoms with E-state index in [4.69, 9.17) is 9.47 Å². The average molecular weight is 247 g/mol. The molecule has 18 heavy (non-hydrogen) atoms. The lowest BCUT2D eigenvalue weighted by Gasteiger charge is -2.09. The molecule has 0 saturated heterocycles. The Morgan fingerprint density at radius 1 is 1.17 bits per heavy atom. The Balaban J connectivity index is 2.08. The summed E-state index contributed by atoms with van der Waals surface area (Å²) < 4.78 is 12.2. The van der Waals surface area contributed by atoms with Crippen LogP contribution in [0.2, 0.25) is 0 Å². The third kappa shape index (κ3) is 2.94. The highest BCUT2D eigenvalue weighted by Crippen LogP contribution is 2.22. The zero-order valence-electron chi connectivity index (χ0n) is 10.8. The first-order valence-corrected chi connectivity index (χ1v) is 5.66. The summed E-state index contributed by atoms with van der Waals surface area (Å²) in [5.41, 5.74) is 1.08. The number of anilines is 1. The molecule has 0 amide bonds. The third-order valence-corrected chi connectivity index (χ3v) is 2.60. The molecule has 1 aromatic heterocycles. The maximum absolute atomic E-state index is 5.23. The number of hydrogen-bond donors (Lipinski definition) is 1. The van der Waals surface area contributed by atoms with Crippen LogP contribution in [0.15, 0.2) is 30.5 Å². The van der Waals surface area contributed by atoms with Gasteiger partial charge in [0, 0.05) is 31.9 Å². The van der Waals surface area contributed by atoms with Crippen molar-refractivity contribution in [1.82, 2.24) is 9.78 Å². The normalized spacial score (nSPS) is 10.2. The van der Waals surface area contributed by atoms with Crippen LogP contribution >= 0.6 is 0 Å². The number of nitrogens with one attached hydrogen (secondary N) is 1. The van der Waals surface area contributed by atoms with Crippen molar-refractivity contribution in [1.29, 1.82) is 0 Å². The van der Waals surface area contributed by atoms with E-state index in [1.54, 1.807) is 18.9 Å². The van der Waals surface area contributed by atoms with Gasteiger partial charge in [-0.1, -0.05) is 0 Å². The fourth-order valence-electron chi connectivity index (χ4n) is 1.67. The highest BCUT2D eigenvalue weighted by Gasteiger charge is 2.02. The van der Waals surface area contributed by atoms with Crippen LogP contribution < -0.4 is 14.8 Å². The molecule has 5 nitrogen and oxygen atoms in total. The molecule has 0 aliphatic heterocycles. The Morgan fingerprint density at radius 2 is 1.83 bits per heavy atom. The molecule has 2 rings (SSSR count). The third-order valence-electron chi connectivity index (χ3n) is 2.60. The van der Waals surface area contributed by atoms with Crippen molar-refractivity contribution in [3.05, 3.63) is 36.0 Å². The number of ether oxygens (including phenoxy) is 2. The van der Waals surface area contributed by atoms with Gasteiger partial charge in [-0.2, -0.15) is 5.10 Å². The minimum atomic E-state index is 0.671. The van der Waals surface area contributed by atoms with Crippen molar-refractivity contribution in [3.8, 4) is 11.5 Å². The highest BCUT2D eigenvalue weighted by atomic mass is 16.5. The lowest BCUT2D eigenvalue weighted by Crippen LogP contribution is -2.01. The van der Waals surface area contributed by atoms with E-state index in [1.165, 1.54) is 0 Å². The van der Waals surface area contributed by atoms with E-state index >= 15 is 0 Å². The van der Waals surface area contributed by atoms with Gasteiger partial charge in [-0.15, -0.1) is 0 Å². The molecule has 0 bridgehead atoms. The number of aromatic nitrogens is 2. The SMILES string of the molecule is COc1cc(CNc2ccn(C)n2)cc(OC)c1. The van der Waals surface area contributed by atoms with Crippen molar-refractivity contribution in [2.24, 2.45) is 7.05 Å². The predicted molar refractivity (Wildman–Crippen MR) is 70.1 cm³/mol. The molecule has 0 spiro atoms. The van der Waals surface area contributed by atoms with E-state index in [0.29, 0.717) is 6.54 Å². The number of nitrogens with zero attached hydrogens (tertiary/aromatic N) is 2. The summed E-state index contributed by atoms with van der Waals surface area (Å²) in [5, 5.41) is 7.50. The second-order valence-corrected chi connectivity index (χ2v) is 3.95. The Labute approximate surface area is 106 Å². The Hall–Kier alpha value is -2.17. The van der Waals surface area contributed by atoms with Crippen LogP contribution in [0.25, 0.3) is 0 Å². The molecule has 96 valence electrons. The van der Waals surface area contributed by atoms with E-state index in [9.17, 15) is 0 Å². The molecule has 0 fully saturated rings. The molecule has 1 heterocycles. The van der Waals surface area contributed by atoms with Crippen molar-refractivity contribution >= 4 is 5.82 Å². The minimum absolute atomic E-state index is 0.671. The lowest BCUT2D eigenvalue weighted by molar-refractivity contribution is 0.393. The zero-order valence-corrected chi connectivity index (χ0v) is 10.8. The Morgan fingerprint density at radius 3 is 2.33 bits per heavy atom. The maximum atomic E-state index is 5.23. The van der Waals surface area contributed by atoms with Crippen LogP contribution in [-0.2, 0) is 13.6 Å². The summed E-state index contributed by atoms with van der Waals surface area (Å²) in [6.07, 6.45) is 1.90. The van der Waals surface area contributed by atoms with E-state index < -0.39 is 0 Å². The van der Waals surface area contributed by atoms with Gasteiger partial charge in [0.15, 0.2) is 0 Å². The molecule has 1 N–H and O–H groups in total. The number of aryl methyl sites for hydroxylation is 1. The molecular weight excluding hydrogens is 230 g/mol. The first-order chi connectivity index (χ1) is 8.71. The fourth-order valence-corrected chi connectivity index (χ4v) is 1.67. The van der Waals surface area contributed by atoms with Crippen molar-refractivity contribution in [2.45, 2.75) is 6.54 Å². The smallest absolute Gasteiger partial charge is 0.148 e. The van der Waals surface area contributed by atoms with Gasteiger partial charge < -0.3 is 14.8 Å². The van der Waals surface area contributed by atoms with Gasteiger partial charge in [0.25, 0.3) is 0 Å². The van der Waals surface area contributed by atoms with Crippen molar-refractivity contribution in [2.75, 3.05) is 19.5 Å². The molecule has 2 aromatic rings. The van der Waals surface area contributed by atoms with Gasteiger partial charge in [-0.25, -0.2) is 0 Å². The molecule has 1 aromatic carbocycles. The largest absolute Gasteiger partial charge is 0.497 e. The molecule has 0 radical (unpaired) electrons. The number of hydrogen-bond acceptors (Lipinski definition) is 4. The van der Waals surface area contributed by atoms with E-state index in [-0.39, 0.29) is 0 Å². The van der Waals surface area contributed by atoms with Crippen LogP contribution in [0.4, 0.5) is 5.82 Å². The molecule has 5 heteroatoms. The first-order valence-electron chi connectivity index (χ1n) is 5.66. The van der Waals surface area contributed by atoms with Crippen molar-refractivity contribution < 1.29 is 9.47 Å². The number of methoxy groups -OCH3 is 2. The van der Waals surface area contributed by atoms with Gasteiger partial charge in [0.05, 0.1) is 14.2 Å². The fraction of sp³-hybridized carbons (Fsp3) is 0.308. The summed E-state index contributed by atoms with van der Waals surface area (Å²) in [7, 11) is 5.18. The standard InChI is InChI=1S/C13H17N3O2/c1-16-5-4-13(15-16)14-9-10-6-11(17-2)8-12(7-10)18-3/h4-8H,9H2,1-3H3,(H,14,15). The predicted octanol–water partition coefficient (Wildman–Crippen LogP) is 2.05. The summed E-state index contributed by atoms with van der Waals surface area (Å²) >= 11 is 0. The monoisotopic (exact) mass is 247 g/mol. The van der Waals surface area contributed by atoms with Gasteiger partial charge in [0.1, 0.15) is 17.3 Å². The average Bonchev–Trinajstić information content (AvgIpc) is 2.81. The van der Waals surface area contributed by atoms with Crippen LogP contribution in [0.5, 0.6) is 11.5 Å². The summed E-state index contributed by atoms with van der Waals surface area (Å²) in [4.78, 5) is 0. The van der Waals surface area contributed by atoms with E-state index in [0.717, 1.165) is 22.9 Å². The maximum Gasteiger partial charge on any atom is 0.148 e. The quantitative estimate of drug-likeness (QED) is 0.878. The van der Waals surface area contributed by atoms with Crippen LogP contribution in [0.1, 0.15) is 5.56 Å². The summed E-state index contributed by atoms with van der Waals surface area (Å²) in [5.74, 6) is 2.42. The van der Waals surface area contributed by atoms with E-state index in [2.05, 4.69) is 10.4 Å². The molecule has 0 unspecified atom stereocenters. The molecule has 0 aliphatic rings. The van der Waals surface area contributed by atoms with Gasteiger partial charge >= 0.3 is 0 Å². The van der Waals surface area contributed by atoms with E-state index in [1.807, 2.05) is 37.5 Å². The zero-order chi connectivity index (χ0) is 13.0. The topological polar surface area (TPSA) is 48.3 Å². The Bertz CT molecular complexity index is 500. The molecule has 0 saturated carbocycles. The molecule has 0 atom stereocenters. The van der Waals surface area contributed by atoms with Gasteiger partial charge in [0.2, 0.25) is 0 Å². The summed E-state index contributed by atoms with van der Waals surface area (Å²) in [6.45, 7) is 0.671. The van der Waals surface area contributed by atoms with Crippen LogP contribution in [0.3, 0.4) is 0 Å².